The summed E-state index contributed by atoms with van der Waals surface area (Å²) in [7, 11) is 0. The van der Waals surface area contributed by atoms with Gasteiger partial charge in [-0.1, -0.05) is 61.4 Å². The standard InChI is InChI=1S/C25H25F3N2O5/c26-25(27,28)20(13-21(31)30-24(22(32)33)11-5-6-12-24)29-23(34)35-14-19-17-9-3-1-7-15(17)16-8-2-4-10-18(16)19/h1-4,7-10,19-20H,5-6,11-14H2,(H,29,34)(H,30,31)(H,32,33). The fourth-order valence-electron chi connectivity index (χ4n) is 4.91. The van der Waals surface area contributed by atoms with E-state index in [4.69, 9.17) is 4.74 Å². The minimum Gasteiger partial charge on any atom is -0.480 e. The molecule has 0 heterocycles. The average molecular weight is 490 g/mol. The summed E-state index contributed by atoms with van der Waals surface area (Å²) in [6.45, 7) is -0.182. The van der Waals surface area contributed by atoms with Crippen LogP contribution < -0.4 is 10.6 Å². The fraction of sp³-hybridized carbons (Fsp3) is 0.400. The molecule has 2 amide bonds. The van der Waals surface area contributed by atoms with Crippen LogP contribution in [0.1, 0.15) is 49.1 Å². The number of aliphatic carboxylic acids is 1. The quantitative estimate of drug-likeness (QED) is 0.535. The number of halogens is 3. The molecule has 1 fully saturated rings. The Kier molecular flexibility index (Phi) is 6.73. The predicted octanol–water partition coefficient (Wildman–Crippen LogP) is 4.36. The van der Waals surface area contributed by atoms with Crippen LogP contribution in [0.5, 0.6) is 0 Å². The molecule has 1 saturated carbocycles. The molecule has 0 saturated heterocycles. The fourth-order valence-corrected chi connectivity index (χ4v) is 4.91. The number of fused-ring (bicyclic) bond motifs is 3. The summed E-state index contributed by atoms with van der Waals surface area (Å²) in [6, 6.07) is 12.5. The number of amides is 2. The number of carboxylic acids is 1. The number of carbonyl (C=O) groups excluding carboxylic acids is 2. The first-order valence-corrected chi connectivity index (χ1v) is 11.3. The lowest BCUT2D eigenvalue weighted by molar-refractivity contribution is -0.161. The van der Waals surface area contributed by atoms with Crippen molar-refractivity contribution in [2.75, 3.05) is 6.61 Å². The maximum absolute atomic E-state index is 13.6. The Hall–Kier alpha value is -3.56. The van der Waals surface area contributed by atoms with Gasteiger partial charge in [0.25, 0.3) is 0 Å². The van der Waals surface area contributed by atoms with Crippen molar-refractivity contribution in [3.63, 3.8) is 0 Å². The summed E-state index contributed by atoms with van der Waals surface area (Å²) >= 11 is 0. The minimum absolute atomic E-state index is 0.143. The van der Waals surface area contributed by atoms with E-state index < -0.39 is 42.1 Å². The van der Waals surface area contributed by atoms with Crippen molar-refractivity contribution >= 4 is 18.0 Å². The van der Waals surface area contributed by atoms with Gasteiger partial charge in [0.15, 0.2) is 0 Å². The molecule has 10 heteroatoms. The van der Waals surface area contributed by atoms with Gasteiger partial charge >= 0.3 is 18.2 Å². The number of ether oxygens (including phenoxy) is 1. The molecular weight excluding hydrogens is 465 g/mol. The SMILES string of the molecule is O=C(CC(NC(=O)OCC1c2ccccc2-c2ccccc21)C(F)(F)F)NC1(C(=O)O)CCCC1. The molecule has 186 valence electrons. The van der Waals surface area contributed by atoms with Gasteiger partial charge in [0.05, 0.1) is 6.42 Å². The molecule has 0 aliphatic heterocycles. The number of alkyl carbamates (subject to hydrolysis) is 1. The van der Waals surface area contributed by atoms with Crippen LogP contribution in [0.25, 0.3) is 11.1 Å². The van der Waals surface area contributed by atoms with Crippen molar-refractivity contribution in [2.24, 2.45) is 0 Å². The lowest BCUT2D eigenvalue weighted by atomic mass is 9.97. The summed E-state index contributed by atoms with van der Waals surface area (Å²) < 4.78 is 45.9. The Morgan fingerprint density at radius 1 is 1.00 bits per heavy atom. The number of benzene rings is 2. The Bertz CT molecular complexity index is 1080. The number of carboxylic acid groups (broad SMARTS) is 1. The van der Waals surface area contributed by atoms with Crippen molar-refractivity contribution < 1.29 is 37.4 Å². The highest BCUT2D eigenvalue weighted by molar-refractivity contribution is 5.88. The van der Waals surface area contributed by atoms with Gasteiger partial charge in [0, 0.05) is 5.92 Å². The van der Waals surface area contributed by atoms with Crippen LogP contribution in [0.4, 0.5) is 18.0 Å². The van der Waals surface area contributed by atoms with Gasteiger partial charge in [-0.2, -0.15) is 13.2 Å². The van der Waals surface area contributed by atoms with Gasteiger partial charge < -0.3 is 20.5 Å². The molecule has 0 spiro atoms. The first-order valence-electron chi connectivity index (χ1n) is 11.3. The summed E-state index contributed by atoms with van der Waals surface area (Å²) in [5.74, 6) is -2.72. The van der Waals surface area contributed by atoms with Gasteiger partial charge in [-0.05, 0) is 35.1 Å². The molecule has 0 aromatic heterocycles. The second kappa shape index (κ2) is 9.59. The largest absolute Gasteiger partial charge is 0.480 e. The zero-order valence-corrected chi connectivity index (χ0v) is 18.7. The molecule has 3 N–H and O–H groups in total. The van der Waals surface area contributed by atoms with Gasteiger partial charge in [-0.15, -0.1) is 0 Å². The Morgan fingerprint density at radius 3 is 2.06 bits per heavy atom. The second-order valence-corrected chi connectivity index (χ2v) is 8.91. The molecule has 2 aliphatic rings. The van der Waals surface area contributed by atoms with Crippen molar-refractivity contribution in [1.82, 2.24) is 10.6 Å². The lowest BCUT2D eigenvalue weighted by Gasteiger charge is -2.27. The van der Waals surface area contributed by atoms with Crippen molar-refractivity contribution in [3.8, 4) is 11.1 Å². The Labute approximate surface area is 199 Å². The number of rotatable bonds is 7. The van der Waals surface area contributed by atoms with Crippen LogP contribution in [0, 0.1) is 0 Å². The summed E-state index contributed by atoms with van der Waals surface area (Å²) in [5, 5.41) is 13.4. The third-order valence-electron chi connectivity index (χ3n) is 6.67. The monoisotopic (exact) mass is 490 g/mol. The first kappa shape index (κ1) is 24.6. The zero-order valence-electron chi connectivity index (χ0n) is 18.7. The third kappa shape index (κ3) is 5.11. The van der Waals surface area contributed by atoms with E-state index >= 15 is 0 Å². The van der Waals surface area contributed by atoms with E-state index in [1.165, 1.54) is 0 Å². The topological polar surface area (TPSA) is 105 Å². The van der Waals surface area contributed by atoms with Crippen LogP contribution >= 0.6 is 0 Å². The van der Waals surface area contributed by atoms with Crippen molar-refractivity contribution in [3.05, 3.63) is 59.7 Å². The van der Waals surface area contributed by atoms with E-state index in [0.29, 0.717) is 12.8 Å². The van der Waals surface area contributed by atoms with E-state index in [1.807, 2.05) is 48.5 Å². The highest BCUT2D eigenvalue weighted by Crippen LogP contribution is 2.44. The number of carbonyl (C=O) groups is 3. The van der Waals surface area contributed by atoms with Crippen molar-refractivity contribution in [1.29, 1.82) is 0 Å². The molecule has 0 bridgehead atoms. The summed E-state index contributed by atoms with van der Waals surface area (Å²) in [4.78, 5) is 36.2. The normalized spacial score (nSPS) is 17.2. The highest BCUT2D eigenvalue weighted by atomic mass is 19.4. The maximum atomic E-state index is 13.6. The lowest BCUT2D eigenvalue weighted by Crippen LogP contribution is -2.55. The number of hydrogen-bond acceptors (Lipinski definition) is 4. The van der Waals surface area contributed by atoms with Gasteiger partial charge in [-0.3, -0.25) is 4.79 Å². The Morgan fingerprint density at radius 2 is 1.54 bits per heavy atom. The van der Waals surface area contributed by atoms with Crippen molar-refractivity contribution in [2.45, 2.75) is 55.8 Å². The predicted molar refractivity (Wildman–Crippen MR) is 120 cm³/mol. The third-order valence-corrected chi connectivity index (χ3v) is 6.67. The van der Waals surface area contributed by atoms with E-state index in [1.54, 1.807) is 5.32 Å². The van der Waals surface area contributed by atoms with E-state index in [-0.39, 0.29) is 25.4 Å². The highest BCUT2D eigenvalue weighted by Gasteiger charge is 2.46. The average Bonchev–Trinajstić information content (AvgIpc) is 3.40. The number of nitrogens with one attached hydrogen (secondary N) is 2. The van der Waals surface area contributed by atoms with E-state index in [9.17, 15) is 32.7 Å². The molecule has 0 radical (unpaired) electrons. The molecule has 4 rings (SSSR count). The van der Waals surface area contributed by atoms with Crippen LogP contribution in [-0.2, 0) is 14.3 Å². The smallest absolute Gasteiger partial charge is 0.409 e. The van der Waals surface area contributed by atoms with Gasteiger partial charge in [-0.25, -0.2) is 9.59 Å². The molecule has 1 unspecified atom stereocenters. The molecular formula is C25H25F3N2O5. The van der Waals surface area contributed by atoms with Crippen LogP contribution in [0.3, 0.4) is 0 Å². The zero-order chi connectivity index (χ0) is 25.2. The second-order valence-electron chi connectivity index (χ2n) is 8.91. The van der Waals surface area contributed by atoms with E-state index in [2.05, 4.69) is 5.32 Å². The maximum Gasteiger partial charge on any atom is 0.409 e. The minimum atomic E-state index is -4.94. The summed E-state index contributed by atoms with van der Waals surface area (Å²) in [6.07, 6.45) is -6.01. The number of alkyl halides is 3. The van der Waals surface area contributed by atoms with Gasteiger partial charge in [0.1, 0.15) is 18.2 Å². The molecule has 2 aromatic rings. The van der Waals surface area contributed by atoms with Crippen LogP contribution in [0.2, 0.25) is 0 Å². The molecule has 7 nitrogen and oxygen atoms in total. The molecule has 2 aromatic carbocycles. The Balaban J connectivity index is 1.40. The van der Waals surface area contributed by atoms with Gasteiger partial charge in [0.2, 0.25) is 5.91 Å². The molecule has 35 heavy (non-hydrogen) atoms. The number of hydrogen-bond donors (Lipinski definition) is 3. The van der Waals surface area contributed by atoms with Crippen LogP contribution in [0.15, 0.2) is 48.5 Å². The first-order chi connectivity index (χ1) is 16.6. The van der Waals surface area contributed by atoms with Crippen LogP contribution in [-0.4, -0.2) is 47.4 Å². The summed E-state index contributed by atoms with van der Waals surface area (Å²) in [5.41, 5.74) is 2.19. The molecule has 2 aliphatic carbocycles. The molecule has 1 atom stereocenters. The van der Waals surface area contributed by atoms with E-state index in [0.717, 1.165) is 22.3 Å².